The van der Waals surface area contributed by atoms with Crippen molar-refractivity contribution in [3.05, 3.63) is 0 Å². The van der Waals surface area contributed by atoms with Gasteiger partial charge in [0.15, 0.2) is 0 Å². The van der Waals surface area contributed by atoms with Crippen LogP contribution < -0.4 is 10.2 Å². The van der Waals surface area contributed by atoms with Crippen molar-refractivity contribution in [2.75, 3.05) is 40.9 Å². The van der Waals surface area contributed by atoms with E-state index in [-0.39, 0.29) is 19.1 Å². The summed E-state index contributed by atoms with van der Waals surface area (Å²) in [7, 11) is 1.33. The highest BCUT2D eigenvalue weighted by atomic mass is 31.2. The minimum atomic E-state index is -4.57. The van der Waals surface area contributed by atoms with Gasteiger partial charge in [0.05, 0.1) is 39.9 Å². The van der Waals surface area contributed by atoms with Gasteiger partial charge in [-0.1, -0.05) is 309 Å². The number of phosphoric ester groups is 1. The Balaban J connectivity index is 3.99. The predicted octanol–water partition coefficient (Wildman–Crippen LogP) is 18.2. The maximum absolute atomic E-state index is 13.0. The van der Waals surface area contributed by atoms with Crippen LogP contribution in [0, 0.1) is 0 Å². The van der Waals surface area contributed by atoms with Crippen LogP contribution in [0.3, 0.4) is 0 Å². The third-order valence-corrected chi connectivity index (χ3v) is 15.6. The zero-order valence-corrected chi connectivity index (χ0v) is 48.2. The van der Waals surface area contributed by atoms with Crippen molar-refractivity contribution in [2.24, 2.45) is 0 Å². The zero-order chi connectivity index (χ0) is 50.6. The minimum Gasteiger partial charge on any atom is -0.756 e. The Labute approximate surface area is 431 Å². The molecule has 0 aromatic carbocycles. The van der Waals surface area contributed by atoms with Gasteiger partial charge in [-0.15, -0.1) is 0 Å². The highest BCUT2D eigenvalue weighted by Crippen LogP contribution is 2.38. The third kappa shape index (κ3) is 55.1. The molecule has 2 N–H and O–H groups in total. The Morgan fingerprint density at radius 2 is 0.710 bits per heavy atom. The number of nitrogens with one attached hydrogen (secondary N) is 1. The summed E-state index contributed by atoms with van der Waals surface area (Å²) < 4.78 is 23.4. The number of rotatable bonds is 58. The number of quaternary nitrogens is 1. The molecule has 1 amide bonds. The molecule has 0 aromatic heterocycles. The van der Waals surface area contributed by atoms with Crippen LogP contribution in [0.25, 0.3) is 0 Å². The number of carbonyl (C=O) groups is 1. The van der Waals surface area contributed by atoms with Crippen molar-refractivity contribution in [1.82, 2.24) is 5.32 Å². The molecule has 0 aromatic rings. The zero-order valence-electron chi connectivity index (χ0n) is 47.3. The third-order valence-electron chi connectivity index (χ3n) is 14.6. The number of unbranched alkanes of at least 4 members (excludes halogenated alkanes) is 45. The lowest BCUT2D eigenvalue weighted by molar-refractivity contribution is -0.870. The first-order valence-corrected chi connectivity index (χ1v) is 32.3. The molecule has 0 bridgehead atoms. The number of hydrogen-bond acceptors (Lipinski definition) is 6. The molecule has 0 heterocycles. The van der Waals surface area contributed by atoms with Gasteiger partial charge in [0.25, 0.3) is 7.82 Å². The Morgan fingerprint density at radius 3 is 0.986 bits per heavy atom. The molecule has 0 aliphatic heterocycles. The monoisotopic (exact) mass is 999 g/mol. The van der Waals surface area contributed by atoms with Crippen LogP contribution in [0.1, 0.15) is 328 Å². The lowest BCUT2D eigenvalue weighted by Crippen LogP contribution is -2.46. The molecule has 8 nitrogen and oxygen atoms in total. The lowest BCUT2D eigenvalue weighted by atomic mass is 10.0. The molecular formula is C60H123N2O6P. The smallest absolute Gasteiger partial charge is 0.268 e. The van der Waals surface area contributed by atoms with E-state index in [4.69, 9.17) is 9.05 Å². The summed E-state index contributed by atoms with van der Waals surface area (Å²) in [5.74, 6) is -0.157. The van der Waals surface area contributed by atoms with Crippen LogP contribution in [-0.2, 0) is 18.4 Å². The number of nitrogens with zero attached hydrogens (tertiary/aromatic N) is 1. The van der Waals surface area contributed by atoms with E-state index < -0.39 is 20.0 Å². The summed E-state index contributed by atoms with van der Waals surface area (Å²) in [6.45, 7) is 4.78. The molecular weight excluding hydrogens is 876 g/mol. The standard InChI is InChI=1S/C60H123N2O6P/c1-6-8-10-12-14-16-18-20-22-24-25-26-27-28-29-30-31-32-33-34-35-36-37-38-39-41-43-45-47-49-51-53-59(63)58(57-68-69(65,66)67-56-55-62(3,4)5)61-60(64)54-52-50-48-46-44-42-40-23-21-19-17-15-13-11-9-7-2/h58-59,63H,6-57H2,1-5H3,(H-,61,64,65,66). The van der Waals surface area contributed by atoms with Gasteiger partial charge < -0.3 is 28.8 Å². The summed E-state index contributed by atoms with van der Waals surface area (Å²) in [5, 5.41) is 14.0. The largest absolute Gasteiger partial charge is 0.756 e. The summed E-state index contributed by atoms with van der Waals surface area (Å²) in [6, 6.07) is -0.795. The summed E-state index contributed by atoms with van der Waals surface area (Å²) in [5.41, 5.74) is 0. The van der Waals surface area contributed by atoms with Crippen molar-refractivity contribution in [1.29, 1.82) is 0 Å². The normalized spacial score (nSPS) is 13.8. The van der Waals surface area contributed by atoms with E-state index >= 15 is 0 Å². The first-order chi connectivity index (χ1) is 33.5. The van der Waals surface area contributed by atoms with Crippen molar-refractivity contribution in [2.45, 2.75) is 341 Å². The first kappa shape index (κ1) is 68.5. The number of phosphoric acid groups is 1. The number of amides is 1. The summed E-state index contributed by atoms with van der Waals surface area (Å²) in [6.07, 6.45) is 63.0. The molecule has 0 aliphatic rings. The quantitative estimate of drug-likeness (QED) is 0.0357. The number of aliphatic hydroxyl groups is 1. The number of hydrogen-bond donors (Lipinski definition) is 2. The molecule has 0 rings (SSSR count). The average Bonchev–Trinajstić information content (AvgIpc) is 3.31. The Kier molecular flexibility index (Phi) is 52.0. The molecule has 0 saturated heterocycles. The van der Waals surface area contributed by atoms with E-state index in [1.54, 1.807) is 0 Å². The first-order valence-electron chi connectivity index (χ1n) is 30.9. The second-order valence-corrected chi connectivity index (χ2v) is 24.2. The van der Waals surface area contributed by atoms with Crippen molar-refractivity contribution in [3.8, 4) is 0 Å². The molecule has 9 heteroatoms. The van der Waals surface area contributed by atoms with Crippen molar-refractivity contribution < 1.29 is 32.9 Å². The van der Waals surface area contributed by atoms with Gasteiger partial charge in [0, 0.05) is 6.42 Å². The van der Waals surface area contributed by atoms with Crippen LogP contribution in [0.4, 0.5) is 0 Å². The van der Waals surface area contributed by atoms with Gasteiger partial charge in [-0.25, -0.2) is 0 Å². The van der Waals surface area contributed by atoms with Gasteiger partial charge in [0.1, 0.15) is 13.2 Å². The molecule has 0 fully saturated rings. The topological polar surface area (TPSA) is 108 Å². The molecule has 0 aliphatic carbocycles. The van der Waals surface area contributed by atoms with E-state index in [0.29, 0.717) is 23.9 Å². The fourth-order valence-corrected chi connectivity index (χ4v) is 10.5. The van der Waals surface area contributed by atoms with Crippen LogP contribution in [0.15, 0.2) is 0 Å². The van der Waals surface area contributed by atoms with E-state index in [0.717, 1.165) is 38.5 Å². The average molecular weight is 1000 g/mol. The number of carbonyl (C=O) groups excluding carboxylic acids is 1. The molecule has 0 spiro atoms. The summed E-state index contributed by atoms with van der Waals surface area (Å²) >= 11 is 0. The molecule has 3 atom stereocenters. The Morgan fingerprint density at radius 1 is 0.449 bits per heavy atom. The number of aliphatic hydroxyl groups excluding tert-OH is 1. The van der Waals surface area contributed by atoms with Crippen LogP contribution in [0.5, 0.6) is 0 Å². The van der Waals surface area contributed by atoms with E-state index in [1.165, 1.54) is 263 Å². The second kappa shape index (κ2) is 52.4. The Bertz CT molecular complexity index is 1090. The van der Waals surface area contributed by atoms with Gasteiger partial charge in [0.2, 0.25) is 5.91 Å². The summed E-state index contributed by atoms with van der Waals surface area (Å²) in [4.78, 5) is 25.5. The van der Waals surface area contributed by atoms with E-state index in [1.807, 2.05) is 21.1 Å². The molecule has 0 saturated carbocycles. The highest BCUT2D eigenvalue weighted by Gasteiger charge is 2.24. The molecule has 414 valence electrons. The van der Waals surface area contributed by atoms with Crippen molar-refractivity contribution >= 4 is 13.7 Å². The fraction of sp³-hybridized carbons (Fsp3) is 0.983. The SMILES string of the molecule is CCCCCCCCCCCCCCCCCCCCCCCCCCCCCCCCCC(O)C(COP(=O)([O-])OCC[N+](C)(C)C)NC(=O)CCCCCCCCCCCCCCCCCC. The van der Waals surface area contributed by atoms with Crippen LogP contribution >= 0.6 is 7.82 Å². The molecule has 69 heavy (non-hydrogen) atoms. The lowest BCUT2D eigenvalue weighted by Gasteiger charge is -2.30. The molecule has 3 unspecified atom stereocenters. The van der Waals surface area contributed by atoms with E-state index in [2.05, 4.69) is 19.2 Å². The van der Waals surface area contributed by atoms with Gasteiger partial charge in [-0.05, 0) is 12.8 Å². The second-order valence-electron chi connectivity index (χ2n) is 22.8. The van der Waals surface area contributed by atoms with Gasteiger partial charge >= 0.3 is 0 Å². The maximum Gasteiger partial charge on any atom is 0.268 e. The van der Waals surface area contributed by atoms with Crippen LogP contribution in [0.2, 0.25) is 0 Å². The van der Waals surface area contributed by atoms with Gasteiger partial charge in [-0.3, -0.25) is 9.36 Å². The molecule has 0 radical (unpaired) electrons. The van der Waals surface area contributed by atoms with Crippen molar-refractivity contribution in [3.63, 3.8) is 0 Å². The minimum absolute atomic E-state index is 0.0167. The fourth-order valence-electron chi connectivity index (χ4n) is 9.75. The Hall–Kier alpha value is -0.500. The maximum atomic E-state index is 13.0. The predicted molar refractivity (Wildman–Crippen MR) is 298 cm³/mol. The van der Waals surface area contributed by atoms with E-state index in [9.17, 15) is 19.4 Å². The van der Waals surface area contributed by atoms with Crippen LogP contribution in [-0.4, -0.2) is 68.5 Å². The van der Waals surface area contributed by atoms with Gasteiger partial charge in [-0.2, -0.15) is 0 Å². The number of likely N-dealkylation sites (N-methyl/N-ethyl adjacent to an activating group) is 1. The highest BCUT2D eigenvalue weighted by molar-refractivity contribution is 7.45.